The Labute approximate surface area is 213 Å². The van der Waals surface area contributed by atoms with E-state index in [0.717, 1.165) is 38.0 Å². The number of nitrogens with one attached hydrogen (secondary N) is 2. The second kappa shape index (κ2) is 13.5. The molecule has 180 valence electrons. The molecule has 0 saturated carbocycles. The third kappa shape index (κ3) is 8.92. The molecule has 0 bridgehead atoms. The summed E-state index contributed by atoms with van der Waals surface area (Å²) in [6, 6.07) is 15.8. The molecule has 1 heterocycles. The molecule has 0 spiro atoms. The van der Waals surface area contributed by atoms with Crippen molar-refractivity contribution in [3.8, 4) is 0 Å². The van der Waals surface area contributed by atoms with Crippen LogP contribution in [0.5, 0.6) is 0 Å². The van der Waals surface area contributed by atoms with Crippen LogP contribution < -0.4 is 10.6 Å². The topological polar surface area (TPSA) is 60.0 Å². The van der Waals surface area contributed by atoms with Crippen molar-refractivity contribution in [3.05, 3.63) is 71.0 Å². The highest BCUT2D eigenvalue weighted by Crippen LogP contribution is 2.14. The lowest BCUT2D eigenvalue weighted by atomic mass is 10.0. The van der Waals surface area contributed by atoms with Gasteiger partial charge in [-0.1, -0.05) is 42.5 Å². The lowest BCUT2D eigenvalue weighted by molar-refractivity contribution is -0.127. The zero-order valence-corrected chi connectivity index (χ0v) is 22.0. The Morgan fingerprint density at radius 2 is 1.82 bits per heavy atom. The molecule has 6 nitrogen and oxygen atoms in total. The molecule has 1 fully saturated rings. The molecule has 0 radical (unpaired) electrons. The van der Waals surface area contributed by atoms with Gasteiger partial charge in [0.2, 0.25) is 5.91 Å². The Morgan fingerprint density at radius 1 is 1.12 bits per heavy atom. The first-order chi connectivity index (χ1) is 15.4. The van der Waals surface area contributed by atoms with E-state index in [1.54, 1.807) is 32.0 Å². The Kier molecular flexibility index (Phi) is 11.1. The Balaban J connectivity index is 0.00000385. The summed E-state index contributed by atoms with van der Waals surface area (Å²) in [6.07, 6.45) is 2.01. The number of likely N-dealkylation sites (tertiary alicyclic amines) is 1. The van der Waals surface area contributed by atoms with Gasteiger partial charge in [0.25, 0.3) is 0 Å². The largest absolute Gasteiger partial charge is 0.354 e. The maximum atomic E-state index is 13.6. The van der Waals surface area contributed by atoms with Crippen molar-refractivity contribution in [2.24, 2.45) is 4.99 Å². The molecule has 0 atom stereocenters. The van der Waals surface area contributed by atoms with Crippen molar-refractivity contribution in [3.63, 3.8) is 0 Å². The number of likely N-dealkylation sites (N-methyl/N-ethyl adjacent to an activating group) is 1. The zero-order chi connectivity index (χ0) is 22.9. The first kappa shape index (κ1) is 27.0. The number of hydrogen-bond donors (Lipinski definition) is 2. The molecule has 1 aliphatic rings. The van der Waals surface area contributed by atoms with Crippen LogP contribution in [-0.4, -0.2) is 61.4 Å². The van der Waals surface area contributed by atoms with E-state index in [0.29, 0.717) is 18.1 Å². The molecular weight excluding hydrogens is 532 g/mol. The fraction of sp³-hybridized carbons (Fsp3) is 0.440. The van der Waals surface area contributed by atoms with E-state index in [1.807, 2.05) is 12.1 Å². The molecule has 1 saturated heterocycles. The predicted octanol–water partition coefficient (Wildman–Crippen LogP) is 3.54. The summed E-state index contributed by atoms with van der Waals surface area (Å²) < 4.78 is 13.6. The maximum Gasteiger partial charge on any atom is 0.241 e. The highest BCUT2D eigenvalue weighted by molar-refractivity contribution is 14.0. The first-order valence-corrected chi connectivity index (χ1v) is 11.2. The molecule has 3 rings (SSSR count). The van der Waals surface area contributed by atoms with Crippen molar-refractivity contribution >= 4 is 35.8 Å². The lowest BCUT2D eigenvalue weighted by Crippen LogP contribution is -2.50. The standard InChI is InChI=1S/C25H34FN5O.HI/c1-19-15-21(9-10-23(19)26)16-27-25(28-17-24(32)30(2)3)29-22-11-13-31(14-12-22)18-20-7-5-4-6-8-20;/h4-10,15,22H,11-14,16-18H2,1-3H3,(H2,27,28,29);1H. The summed E-state index contributed by atoms with van der Waals surface area (Å²) in [6.45, 7) is 5.32. The van der Waals surface area contributed by atoms with E-state index in [1.165, 1.54) is 11.6 Å². The number of aryl methyl sites for hydroxylation is 1. The molecule has 1 amide bonds. The van der Waals surface area contributed by atoms with Crippen LogP contribution in [0.15, 0.2) is 53.5 Å². The van der Waals surface area contributed by atoms with E-state index in [-0.39, 0.29) is 48.3 Å². The fourth-order valence-corrected chi connectivity index (χ4v) is 3.72. The van der Waals surface area contributed by atoms with E-state index in [9.17, 15) is 9.18 Å². The number of piperidine rings is 1. The first-order valence-electron chi connectivity index (χ1n) is 11.2. The van der Waals surface area contributed by atoms with Crippen molar-refractivity contribution in [1.82, 2.24) is 20.4 Å². The van der Waals surface area contributed by atoms with Crippen molar-refractivity contribution in [2.45, 2.75) is 38.9 Å². The maximum absolute atomic E-state index is 13.6. The summed E-state index contributed by atoms with van der Waals surface area (Å²) in [5.74, 6) is 0.381. The summed E-state index contributed by atoms with van der Waals surface area (Å²) in [5.41, 5.74) is 2.87. The molecule has 0 aliphatic carbocycles. The third-order valence-electron chi connectivity index (χ3n) is 5.73. The normalized spacial score (nSPS) is 15.0. The van der Waals surface area contributed by atoms with Crippen LogP contribution in [0, 0.1) is 12.7 Å². The van der Waals surface area contributed by atoms with Gasteiger partial charge in [-0.15, -0.1) is 24.0 Å². The molecule has 1 aliphatic heterocycles. The van der Waals surface area contributed by atoms with Gasteiger partial charge in [0.1, 0.15) is 5.82 Å². The highest BCUT2D eigenvalue weighted by atomic mass is 127. The molecule has 2 N–H and O–H groups in total. The van der Waals surface area contributed by atoms with Gasteiger partial charge in [-0.2, -0.15) is 0 Å². The molecule has 0 unspecified atom stereocenters. The van der Waals surface area contributed by atoms with Crippen molar-refractivity contribution < 1.29 is 9.18 Å². The predicted molar refractivity (Wildman–Crippen MR) is 142 cm³/mol. The molecular formula is C25H35FIN5O. The molecule has 0 aromatic heterocycles. The number of carbonyl (C=O) groups excluding carboxylic acids is 1. The minimum Gasteiger partial charge on any atom is -0.354 e. The van der Waals surface area contributed by atoms with Gasteiger partial charge in [0.05, 0.1) is 13.1 Å². The summed E-state index contributed by atoms with van der Waals surface area (Å²) >= 11 is 0. The number of rotatable bonds is 7. The van der Waals surface area contributed by atoms with Crippen molar-refractivity contribution in [1.29, 1.82) is 0 Å². The van der Waals surface area contributed by atoms with Gasteiger partial charge in [0.15, 0.2) is 5.96 Å². The van der Waals surface area contributed by atoms with Crippen LogP contribution >= 0.6 is 24.0 Å². The number of carbonyl (C=O) groups is 1. The number of aliphatic imine (C=N–C) groups is 1. The minimum absolute atomic E-state index is 0. The van der Waals surface area contributed by atoms with Crippen molar-refractivity contribution in [2.75, 3.05) is 33.7 Å². The van der Waals surface area contributed by atoms with Gasteiger partial charge in [-0.25, -0.2) is 9.38 Å². The summed E-state index contributed by atoms with van der Waals surface area (Å²) in [4.78, 5) is 20.7. The van der Waals surface area contributed by atoms with E-state index < -0.39 is 0 Å². The van der Waals surface area contributed by atoms with Gasteiger partial charge < -0.3 is 15.5 Å². The van der Waals surface area contributed by atoms with Crippen LogP contribution in [0.25, 0.3) is 0 Å². The number of halogens is 2. The Morgan fingerprint density at radius 3 is 2.45 bits per heavy atom. The monoisotopic (exact) mass is 567 g/mol. The number of guanidine groups is 1. The number of hydrogen-bond acceptors (Lipinski definition) is 3. The van der Waals surface area contributed by atoms with E-state index >= 15 is 0 Å². The fourth-order valence-electron chi connectivity index (χ4n) is 3.72. The van der Waals surface area contributed by atoms with Crippen LogP contribution in [0.3, 0.4) is 0 Å². The highest BCUT2D eigenvalue weighted by Gasteiger charge is 2.20. The van der Waals surface area contributed by atoms with E-state index in [4.69, 9.17) is 0 Å². The summed E-state index contributed by atoms with van der Waals surface area (Å²) in [7, 11) is 3.47. The minimum atomic E-state index is -0.215. The van der Waals surface area contributed by atoms with Gasteiger partial charge in [-0.3, -0.25) is 9.69 Å². The van der Waals surface area contributed by atoms with Gasteiger partial charge in [0, 0.05) is 39.8 Å². The quantitative estimate of drug-likeness (QED) is 0.306. The summed E-state index contributed by atoms with van der Waals surface area (Å²) in [5, 5.41) is 6.65. The molecule has 2 aromatic carbocycles. The molecule has 33 heavy (non-hydrogen) atoms. The average molecular weight is 567 g/mol. The number of amides is 1. The average Bonchev–Trinajstić information content (AvgIpc) is 2.79. The van der Waals surface area contributed by atoms with Crippen LogP contribution in [0.4, 0.5) is 4.39 Å². The van der Waals surface area contributed by atoms with Gasteiger partial charge >= 0.3 is 0 Å². The van der Waals surface area contributed by atoms with Crippen LogP contribution in [0.1, 0.15) is 29.5 Å². The Bertz CT molecular complexity index is 914. The molecule has 2 aromatic rings. The molecule has 8 heteroatoms. The smallest absolute Gasteiger partial charge is 0.241 e. The second-order valence-electron chi connectivity index (χ2n) is 8.57. The van der Waals surface area contributed by atoms with Crippen LogP contribution in [0.2, 0.25) is 0 Å². The SMILES string of the molecule is Cc1cc(CN=C(NCC(=O)N(C)C)NC2CCN(Cc3ccccc3)CC2)ccc1F.I. The third-order valence-corrected chi connectivity index (χ3v) is 5.73. The van der Waals surface area contributed by atoms with E-state index in [2.05, 4.69) is 44.8 Å². The Hall–Kier alpha value is -2.20. The second-order valence-corrected chi connectivity index (χ2v) is 8.57. The zero-order valence-electron chi connectivity index (χ0n) is 19.7. The van der Waals surface area contributed by atoms with Crippen LogP contribution in [-0.2, 0) is 17.9 Å². The number of benzene rings is 2. The lowest BCUT2D eigenvalue weighted by Gasteiger charge is -2.33. The number of nitrogens with zero attached hydrogens (tertiary/aromatic N) is 3. The van der Waals surface area contributed by atoms with Gasteiger partial charge in [-0.05, 0) is 42.5 Å².